The van der Waals surface area contributed by atoms with E-state index in [-0.39, 0.29) is 24.3 Å². The summed E-state index contributed by atoms with van der Waals surface area (Å²) >= 11 is 15.9. The van der Waals surface area contributed by atoms with Crippen LogP contribution < -0.4 is 11.0 Å². The predicted molar refractivity (Wildman–Crippen MR) is 153 cm³/mol. The van der Waals surface area contributed by atoms with Crippen molar-refractivity contribution < 1.29 is 9.53 Å². The Balaban J connectivity index is 1.53. The van der Waals surface area contributed by atoms with E-state index in [4.69, 9.17) is 32.9 Å². The lowest BCUT2D eigenvalue weighted by Gasteiger charge is -2.30. The van der Waals surface area contributed by atoms with Crippen molar-refractivity contribution in [2.24, 2.45) is 0 Å². The van der Waals surface area contributed by atoms with Crippen LogP contribution in [0.3, 0.4) is 0 Å². The maximum atomic E-state index is 14.0. The van der Waals surface area contributed by atoms with Gasteiger partial charge in [0.2, 0.25) is 0 Å². The van der Waals surface area contributed by atoms with Crippen LogP contribution in [0.5, 0.6) is 0 Å². The molecule has 200 valence electrons. The molecule has 5 rings (SSSR count). The molecule has 1 N–H and O–H groups in total. The van der Waals surface area contributed by atoms with E-state index in [2.05, 4.69) is 26.2 Å². The standard InChI is InChI=1S/C27H28BrCl2N5O3/c1-27(2,3)38-25(36)32-16-7-9-17(10-8-16)35-22-21-18(5-4-12-31-21)23(28)33-24(22)34(26(35)37)14-15-6-11-19(29)20(30)13-15/h4-6,11-13,16-17H,7-10,14H2,1-3H3,(H,32,36). The number of carbonyl (C=O) groups is 1. The van der Waals surface area contributed by atoms with Gasteiger partial charge >= 0.3 is 11.8 Å². The highest BCUT2D eigenvalue weighted by Gasteiger charge is 2.30. The van der Waals surface area contributed by atoms with E-state index >= 15 is 0 Å². The number of fused-ring (bicyclic) bond motifs is 3. The number of nitrogens with zero attached hydrogens (tertiary/aromatic N) is 4. The van der Waals surface area contributed by atoms with Crippen LogP contribution >= 0.6 is 39.1 Å². The van der Waals surface area contributed by atoms with E-state index in [1.807, 2.05) is 43.5 Å². The number of rotatable bonds is 4. The van der Waals surface area contributed by atoms with Gasteiger partial charge in [-0.1, -0.05) is 29.3 Å². The van der Waals surface area contributed by atoms with Gasteiger partial charge in [0, 0.05) is 23.7 Å². The molecule has 38 heavy (non-hydrogen) atoms. The minimum atomic E-state index is -0.555. The number of ether oxygens (including phenoxy) is 1. The Morgan fingerprint density at radius 2 is 1.89 bits per heavy atom. The smallest absolute Gasteiger partial charge is 0.407 e. The molecule has 0 saturated heterocycles. The number of hydrogen-bond donors (Lipinski definition) is 1. The quantitative estimate of drug-likeness (QED) is 0.251. The molecule has 1 fully saturated rings. The lowest BCUT2D eigenvalue weighted by molar-refractivity contribution is 0.0488. The largest absolute Gasteiger partial charge is 0.444 e. The summed E-state index contributed by atoms with van der Waals surface area (Å²) in [5, 5.41) is 4.70. The molecule has 0 aliphatic heterocycles. The zero-order chi connectivity index (χ0) is 27.2. The monoisotopic (exact) mass is 619 g/mol. The van der Waals surface area contributed by atoms with E-state index < -0.39 is 11.7 Å². The molecule has 0 spiro atoms. The summed E-state index contributed by atoms with van der Waals surface area (Å²) in [7, 11) is 0. The lowest BCUT2D eigenvalue weighted by Crippen LogP contribution is -2.41. The van der Waals surface area contributed by atoms with Gasteiger partial charge in [-0.2, -0.15) is 0 Å². The van der Waals surface area contributed by atoms with Gasteiger partial charge in [0.05, 0.1) is 16.6 Å². The van der Waals surface area contributed by atoms with Crippen LogP contribution in [0.2, 0.25) is 10.0 Å². The number of aromatic nitrogens is 4. The molecule has 4 aromatic rings. The summed E-state index contributed by atoms with van der Waals surface area (Å²) in [5.41, 5.74) is 2.09. The maximum absolute atomic E-state index is 14.0. The van der Waals surface area contributed by atoms with Gasteiger partial charge in [0.25, 0.3) is 0 Å². The van der Waals surface area contributed by atoms with Crippen LogP contribution in [0.15, 0.2) is 45.9 Å². The molecule has 3 aromatic heterocycles. The van der Waals surface area contributed by atoms with Crippen LogP contribution in [0.1, 0.15) is 58.1 Å². The van der Waals surface area contributed by atoms with Crippen molar-refractivity contribution in [3.8, 4) is 0 Å². The first kappa shape index (κ1) is 27.0. The number of hydrogen-bond acceptors (Lipinski definition) is 5. The summed E-state index contributed by atoms with van der Waals surface area (Å²) in [5.74, 6) is 0. The second kappa shape index (κ2) is 10.5. The Morgan fingerprint density at radius 3 is 2.58 bits per heavy atom. The average Bonchev–Trinajstić information content (AvgIpc) is 3.12. The second-order valence-electron chi connectivity index (χ2n) is 10.6. The van der Waals surface area contributed by atoms with Gasteiger partial charge in [-0.25, -0.2) is 14.6 Å². The van der Waals surface area contributed by atoms with Gasteiger partial charge in [-0.3, -0.25) is 14.1 Å². The first-order valence-corrected chi connectivity index (χ1v) is 14.0. The highest BCUT2D eigenvalue weighted by molar-refractivity contribution is 9.10. The SMILES string of the molecule is CC(C)(C)OC(=O)NC1CCC(n2c(=O)n(Cc3ccc(Cl)c(Cl)c3)c3nc(Br)c4cccnc4c32)CC1. The first-order chi connectivity index (χ1) is 18.0. The van der Waals surface area contributed by atoms with Crippen molar-refractivity contribution in [2.75, 3.05) is 0 Å². The molecule has 1 aliphatic carbocycles. The molecule has 0 unspecified atom stereocenters. The third-order valence-electron chi connectivity index (χ3n) is 6.71. The average molecular weight is 621 g/mol. The summed E-state index contributed by atoms with van der Waals surface area (Å²) in [6, 6.07) is 9.05. The van der Waals surface area contributed by atoms with E-state index in [0.29, 0.717) is 31.3 Å². The fraction of sp³-hybridized carbons (Fsp3) is 0.407. The minimum absolute atomic E-state index is 0.0106. The number of alkyl carbamates (subject to hydrolysis) is 1. The Hall–Kier alpha value is -2.62. The number of pyridine rings is 2. The molecular formula is C27H28BrCl2N5O3. The fourth-order valence-electron chi connectivity index (χ4n) is 5.05. The van der Waals surface area contributed by atoms with Crippen LogP contribution in [0.25, 0.3) is 22.1 Å². The molecule has 1 aromatic carbocycles. The number of amides is 1. The zero-order valence-electron chi connectivity index (χ0n) is 21.3. The molecule has 11 heteroatoms. The number of halogens is 3. The number of imidazole rings is 1. The van der Waals surface area contributed by atoms with Gasteiger partial charge in [0.1, 0.15) is 21.2 Å². The van der Waals surface area contributed by atoms with Crippen LogP contribution in [0, 0.1) is 0 Å². The third kappa shape index (κ3) is 5.42. The van der Waals surface area contributed by atoms with Gasteiger partial charge in [-0.05, 0) is 92.2 Å². The number of nitrogens with one attached hydrogen (secondary N) is 1. The predicted octanol–water partition coefficient (Wildman–Crippen LogP) is 6.87. The number of benzene rings is 1. The summed E-state index contributed by atoms with van der Waals surface area (Å²) < 4.78 is 9.54. The molecule has 1 aliphatic rings. The van der Waals surface area contributed by atoms with Crippen molar-refractivity contribution in [3.05, 3.63) is 67.2 Å². The molecule has 1 saturated carbocycles. The topological polar surface area (TPSA) is 91.0 Å². The van der Waals surface area contributed by atoms with E-state index in [1.54, 1.807) is 22.9 Å². The molecule has 3 heterocycles. The third-order valence-corrected chi connectivity index (χ3v) is 8.05. The van der Waals surface area contributed by atoms with Crippen molar-refractivity contribution >= 4 is 67.3 Å². The summed E-state index contributed by atoms with van der Waals surface area (Å²) in [6.45, 7) is 5.81. The number of carbonyl (C=O) groups excluding carboxylic acids is 1. The fourth-order valence-corrected chi connectivity index (χ4v) is 5.86. The Bertz CT molecular complexity index is 1590. The molecule has 0 radical (unpaired) electrons. The molecule has 8 nitrogen and oxygen atoms in total. The highest BCUT2D eigenvalue weighted by Crippen LogP contribution is 2.34. The molecular weight excluding hydrogens is 593 g/mol. The zero-order valence-corrected chi connectivity index (χ0v) is 24.4. The lowest BCUT2D eigenvalue weighted by atomic mass is 9.91. The highest BCUT2D eigenvalue weighted by atomic mass is 79.9. The van der Waals surface area contributed by atoms with Crippen molar-refractivity contribution in [2.45, 2.75) is 70.7 Å². The van der Waals surface area contributed by atoms with E-state index in [1.165, 1.54) is 0 Å². The second-order valence-corrected chi connectivity index (χ2v) is 12.2. The minimum Gasteiger partial charge on any atom is -0.444 e. The van der Waals surface area contributed by atoms with Crippen molar-refractivity contribution in [3.63, 3.8) is 0 Å². The van der Waals surface area contributed by atoms with E-state index in [0.717, 1.165) is 36.6 Å². The summed E-state index contributed by atoms with van der Waals surface area (Å²) in [6.07, 6.45) is 4.20. The van der Waals surface area contributed by atoms with Crippen molar-refractivity contribution in [1.29, 1.82) is 0 Å². The van der Waals surface area contributed by atoms with Crippen molar-refractivity contribution in [1.82, 2.24) is 24.4 Å². The first-order valence-electron chi connectivity index (χ1n) is 12.5. The maximum Gasteiger partial charge on any atom is 0.407 e. The Morgan fingerprint density at radius 1 is 1.16 bits per heavy atom. The normalized spacial score (nSPS) is 18.2. The van der Waals surface area contributed by atoms with E-state index in [9.17, 15) is 9.59 Å². The van der Waals surface area contributed by atoms with Gasteiger partial charge in [-0.15, -0.1) is 0 Å². The molecule has 0 bridgehead atoms. The summed E-state index contributed by atoms with van der Waals surface area (Å²) in [4.78, 5) is 35.7. The van der Waals surface area contributed by atoms with Crippen LogP contribution in [-0.2, 0) is 11.3 Å². The van der Waals surface area contributed by atoms with Crippen LogP contribution in [0.4, 0.5) is 4.79 Å². The van der Waals surface area contributed by atoms with Gasteiger partial charge in [0.15, 0.2) is 5.65 Å². The van der Waals surface area contributed by atoms with Crippen LogP contribution in [-0.4, -0.2) is 36.8 Å². The van der Waals surface area contributed by atoms with Gasteiger partial charge < -0.3 is 10.1 Å². The molecule has 1 amide bonds. The Labute approximate surface area is 238 Å². The Kier molecular flexibility index (Phi) is 7.46. The molecule has 0 atom stereocenters.